The smallest absolute Gasteiger partial charge is 0.138 e. The van der Waals surface area contributed by atoms with Crippen molar-refractivity contribution in [2.24, 2.45) is 0 Å². The topological polar surface area (TPSA) is 22.1 Å². The van der Waals surface area contributed by atoms with E-state index < -0.39 is 0 Å². The zero-order chi connectivity index (χ0) is 10.5. The number of rotatable bonds is 3. The van der Waals surface area contributed by atoms with Crippen molar-refractivity contribution in [3.8, 4) is 5.75 Å². The molecule has 0 aliphatic rings. The molecule has 1 aromatic heterocycles. The van der Waals surface area contributed by atoms with Gasteiger partial charge in [-0.1, -0.05) is 30.3 Å². The molecule has 0 unspecified atom stereocenters. The Morgan fingerprint density at radius 1 is 1.07 bits per heavy atom. The first kappa shape index (κ1) is 9.71. The van der Waals surface area contributed by atoms with Crippen LogP contribution in [0.3, 0.4) is 0 Å². The highest BCUT2D eigenvalue weighted by Gasteiger charge is 2.05. The first-order valence-electron chi connectivity index (χ1n) is 4.98. The molecule has 0 fully saturated rings. The van der Waals surface area contributed by atoms with Crippen LogP contribution in [0, 0.1) is 0 Å². The van der Waals surface area contributed by atoms with Gasteiger partial charge >= 0.3 is 0 Å². The maximum atomic E-state index is 5.74. The first-order chi connectivity index (χ1) is 7.36. The van der Waals surface area contributed by atoms with Gasteiger partial charge in [0.25, 0.3) is 0 Å². The van der Waals surface area contributed by atoms with Crippen molar-refractivity contribution in [3.63, 3.8) is 0 Å². The van der Waals surface area contributed by atoms with E-state index in [0.717, 1.165) is 5.75 Å². The summed E-state index contributed by atoms with van der Waals surface area (Å²) in [5.41, 5.74) is 1.17. The van der Waals surface area contributed by atoms with Crippen molar-refractivity contribution < 1.29 is 4.74 Å². The van der Waals surface area contributed by atoms with E-state index in [0.29, 0.717) is 0 Å². The molecule has 0 radical (unpaired) electrons. The largest absolute Gasteiger partial charge is 0.484 e. The molecule has 0 saturated carbocycles. The predicted molar refractivity (Wildman–Crippen MR) is 59.7 cm³/mol. The van der Waals surface area contributed by atoms with Crippen LogP contribution in [0.2, 0.25) is 0 Å². The average Bonchev–Trinajstić information content (AvgIpc) is 2.31. The Kier molecular flexibility index (Phi) is 2.98. The summed E-state index contributed by atoms with van der Waals surface area (Å²) in [6.07, 6.45) is 3.51. The molecule has 0 aliphatic carbocycles. The number of pyridine rings is 1. The Morgan fingerprint density at radius 2 is 1.87 bits per heavy atom. The molecular weight excluding hydrogens is 186 g/mol. The Labute approximate surface area is 89.6 Å². The molecule has 2 aromatic rings. The molecule has 2 rings (SSSR count). The molecule has 0 N–H and O–H groups in total. The molecular formula is C13H13NO. The van der Waals surface area contributed by atoms with Crippen molar-refractivity contribution in [2.75, 3.05) is 0 Å². The molecule has 2 heteroatoms. The minimum Gasteiger partial charge on any atom is -0.484 e. The monoisotopic (exact) mass is 199 g/mol. The lowest BCUT2D eigenvalue weighted by molar-refractivity contribution is 0.226. The van der Waals surface area contributed by atoms with Crippen molar-refractivity contribution in [3.05, 3.63) is 60.4 Å². The van der Waals surface area contributed by atoms with E-state index in [4.69, 9.17) is 4.74 Å². The van der Waals surface area contributed by atoms with Crippen LogP contribution in [0.25, 0.3) is 0 Å². The van der Waals surface area contributed by atoms with Gasteiger partial charge in [-0.2, -0.15) is 0 Å². The number of hydrogen-bond acceptors (Lipinski definition) is 2. The van der Waals surface area contributed by atoms with Crippen LogP contribution >= 0.6 is 0 Å². The summed E-state index contributed by atoms with van der Waals surface area (Å²) in [4.78, 5) is 4.01. The lowest BCUT2D eigenvalue weighted by Gasteiger charge is -2.14. The number of hydrogen-bond donors (Lipinski definition) is 0. The van der Waals surface area contributed by atoms with Gasteiger partial charge < -0.3 is 4.74 Å². The third-order valence-electron chi connectivity index (χ3n) is 2.22. The maximum Gasteiger partial charge on any atom is 0.138 e. The Morgan fingerprint density at radius 3 is 2.53 bits per heavy atom. The summed E-state index contributed by atoms with van der Waals surface area (Å²) in [7, 11) is 0. The Bertz CT molecular complexity index is 399. The third-order valence-corrected chi connectivity index (χ3v) is 2.22. The molecule has 15 heavy (non-hydrogen) atoms. The van der Waals surface area contributed by atoms with Crippen LogP contribution in [0.5, 0.6) is 5.75 Å². The lowest BCUT2D eigenvalue weighted by Crippen LogP contribution is -2.02. The molecule has 2 nitrogen and oxygen atoms in total. The van der Waals surface area contributed by atoms with Gasteiger partial charge in [0.2, 0.25) is 0 Å². The highest BCUT2D eigenvalue weighted by atomic mass is 16.5. The second-order valence-electron chi connectivity index (χ2n) is 3.36. The molecule has 0 bridgehead atoms. The van der Waals surface area contributed by atoms with Gasteiger partial charge in [0.15, 0.2) is 0 Å². The summed E-state index contributed by atoms with van der Waals surface area (Å²) < 4.78 is 5.74. The molecule has 1 aromatic carbocycles. The standard InChI is InChI=1S/C13H13NO/c1-11(12-6-3-2-4-7-12)15-13-8-5-9-14-10-13/h2-11H,1H3/t11-/m0/s1. The SMILES string of the molecule is C[C@H](Oc1cccnc1)c1ccccc1. The third kappa shape index (κ3) is 2.56. The van der Waals surface area contributed by atoms with Crippen LogP contribution in [0.15, 0.2) is 54.9 Å². The van der Waals surface area contributed by atoms with Crippen molar-refractivity contribution >= 4 is 0 Å². The zero-order valence-electron chi connectivity index (χ0n) is 8.63. The highest BCUT2D eigenvalue weighted by Crippen LogP contribution is 2.19. The molecule has 0 spiro atoms. The number of ether oxygens (including phenoxy) is 1. The van der Waals surface area contributed by atoms with Crippen LogP contribution < -0.4 is 4.74 Å². The van der Waals surface area contributed by atoms with E-state index >= 15 is 0 Å². The minimum absolute atomic E-state index is 0.0513. The molecule has 0 amide bonds. The van der Waals surface area contributed by atoms with Crippen LogP contribution in [0.1, 0.15) is 18.6 Å². The van der Waals surface area contributed by atoms with Crippen molar-refractivity contribution in [1.82, 2.24) is 4.98 Å². The summed E-state index contributed by atoms with van der Waals surface area (Å²) in [5, 5.41) is 0. The fraction of sp³-hybridized carbons (Fsp3) is 0.154. The van der Waals surface area contributed by atoms with Crippen LogP contribution in [-0.2, 0) is 0 Å². The molecule has 0 aliphatic heterocycles. The van der Waals surface area contributed by atoms with Gasteiger partial charge in [0, 0.05) is 6.20 Å². The highest BCUT2D eigenvalue weighted by molar-refractivity contribution is 5.21. The molecule has 76 valence electrons. The summed E-state index contributed by atoms with van der Waals surface area (Å²) in [6.45, 7) is 2.03. The summed E-state index contributed by atoms with van der Waals surface area (Å²) >= 11 is 0. The summed E-state index contributed by atoms with van der Waals surface area (Å²) in [6, 6.07) is 13.9. The molecule has 1 atom stereocenters. The number of nitrogens with zero attached hydrogens (tertiary/aromatic N) is 1. The van der Waals surface area contributed by atoms with Gasteiger partial charge in [0.1, 0.15) is 11.9 Å². The van der Waals surface area contributed by atoms with Crippen LogP contribution in [0.4, 0.5) is 0 Å². The Hall–Kier alpha value is -1.83. The van der Waals surface area contributed by atoms with E-state index in [1.807, 2.05) is 37.3 Å². The zero-order valence-corrected chi connectivity index (χ0v) is 8.63. The van der Waals surface area contributed by atoms with E-state index in [-0.39, 0.29) is 6.10 Å². The molecule has 0 saturated heterocycles. The van der Waals surface area contributed by atoms with E-state index in [2.05, 4.69) is 17.1 Å². The quantitative estimate of drug-likeness (QED) is 0.757. The summed E-state index contributed by atoms with van der Waals surface area (Å²) in [5.74, 6) is 0.800. The molecule has 1 heterocycles. The van der Waals surface area contributed by atoms with E-state index in [9.17, 15) is 0 Å². The van der Waals surface area contributed by atoms with Crippen molar-refractivity contribution in [2.45, 2.75) is 13.0 Å². The van der Waals surface area contributed by atoms with Crippen molar-refractivity contribution in [1.29, 1.82) is 0 Å². The number of benzene rings is 1. The second kappa shape index (κ2) is 4.60. The van der Waals surface area contributed by atoms with Gasteiger partial charge in [-0.3, -0.25) is 4.98 Å². The second-order valence-corrected chi connectivity index (χ2v) is 3.36. The van der Waals surface area contributed by atoms with E-state index in [1.54, 1.807) is 12.4 Å². The fourth-order valence-electron chi connectivity index (χ4n) is 1.41. The fourth-order valence-corrected chi connectivity index (χ4v) is 1.41. The normalized spacial score (nSPS) is 12.1. The van der Waals surface area contributed by atoms with Gasteiger partial charge in [-0.15, -0.1) is 0 Å². The maximum absolute atomic E-state index is 5.74. The van der Waals surface area contributed by atoms with E-state index in [1.165, 1.54) is 5.56 Å². The first-order valence-corrected chi connectivity index (χ1v) is 4.98. The minimum atomic E-state index is 0.0513. The van der Waals surface area contributed by atoms with Gasteiger partial charge in [-0.05, 0) is 24.6 Å². The predicted octanol–water partition coefficient (Wildman–Crippen LogP) is 3.22. The Balaban J connectivity index is 2.08. The van der Waals surface area contributed by atoms with Gasteiger partial charge in [-0.25, -0.2) is 0 Å². The lowest BCUT2D eigenvalue weighted by atomic mass is 10.1. The number of aromatic nitrogens is 1. The van der Waals surface area contributed by atoms with Crippen LogP contribution in [-0.4, -0.2) is 4.98 Å². The van der Waals surface area contributed by atoms with Gasteiger partial charge in [0.05, 0.1) is 6.20 Å². The average molecular weight is 199 g/mol.